The Balaban J connectivity index is 0.00000242. The highest BCUT2D eigenvalue weighted by atomic mass is 127. The van der Waals surface area contributed by atoms with Crippen molar-refractivity contribution in [3.8, 4) is 0 Å². The molecule has 0 spiro atoms. The van der Waals surface area contributed by atoms with Gasteiger partial charge in [-0.05, 0) is 24.6 Å². The second-order valence-electron chi connectivity index (χ2n) is 4.55. The maximum absolute atomic E-state index is 12.8. The van der Waals surface area contributed by atoms with Gasteiger partial charge in [-0.2, -0.15) is 0 Å². The van der Waals surface area contributed by atoms with Crippen molar-refractivity contribution in [2.75, 3.05) is 13.1 Å². The standard InChI is InChI=1S/C15H20FN5.HI/c1-2-18-15(19-8-10-21-9-7-17-12-21)20-11-13-3-5-14(16)6-4-13;/h3-7,9,12H,2,8,10-11H2,1H3,(H2,18,19,20);1H. The molecule has 0 radical (unpaired) electrons. The Hall–Kier alpha value is -1.64. The van der Waals surface area contributed by atoms with Gasteiger partial charge in [0.15, 0.2) is 5.96 Å². The van der Waals surface area contributed by atoms with Crippen LogP contribution in [0.2, 0.25) is 0 Å². The van der Waals surface area contributed by atoms with Gasteiger partial charge in [-0.25, -0.2) is 14.4 Å². The molecule has 0 aliphatic carbocycles. The van der Waals surface area contributed by atoms with Crippen molar-refractivity contribution in [1.82, 2.24) is 20.2 Å². The smallest absolute Gasteiger partial charge is 0.191 e. The second kappa shape index (κ2) is 10.1. The van der Waals surface area contributed by atoms with Crippen LogP contribution in [0.4, 0.5) is 4.39 Å². The maximum atomic E-state index is 12.8. The number of aliphatic imine (C=N–C) groups is 1. The minimum absolute atomic E-state index is 0. The number of hydrogen-bond donors (Lipinski definition) is 2. The number of hydrogen-bond acceptors (Lipinski definition) is 2. The summed E-state index contributed by atoms with van der Waals surface area (Å²) in [5.41, 5.74) is 0.975. The molecule has 0 saturated carbocycles. The zero-order chi connectivity index (χ0) is 14.9. The van der Waals surface area contributed by atoms with E-state index in [-0.39, 0.29) is 29.8 Å². The number of rotatable bonds is 6. The van der Waals surface area contributed by atoms with Gasteiger partial charge in [0.25, 0.3) is 0 Å². The molecule has 0 aliphatic rings. The quantitative estimate of drug-likeness (QED) is 0.431. The first kappa shape index (κ1) is 18.4. The van der Waals surface area contributed by atoms with E-state index in [0.717, 1.165) is 31.2 Å². The van der Waals surface area contributed by atoms with Gasteiger partial charge in [-0.15, -0.1) is 24.0 Å². The highest BCUT2D eigenvalue weighted by molar-refractivity contribution is 14.0. The molecule has 1 aromatic heterocycles. The van der Waals surface area contributed by atoms with Crippen molar-refractivity contribution < 1.29 is 4.39 Å². The number of benzene rings is 1. The van der Waals surface area contributed by atoms with E-state index in [0.29, 0.717) is 6.54 Å². The topological polar surface area (TPSA) is 54.2 Å². The first-order valence-electron chi connectivity index (χ1n) is 7.00. The van der Waals surface area contributed by atoms with Crippen LogP contribution in [0.1, 0.15) is 12.5 Å². The number of halogens is 2. The fourth-order valence-corrected chi connectivity index (χ4v) is 1.82. The summed E-state index contributed by atoms with van der Waals surface area (Å²) in [4.78, 5) is 8.48. The van der Waals surface area contributed by atoms with Crippen molar-refractivity contribution in [3.05, 3.63) is 54.4 Å². The van der Waals surface area contributed by atoms with Gasteiger partial charge >= 0.3 is 0 Å². The molecule has 0 amide bonds. The van der Waals surface area contributed by atoms with E-state index in [1.165, 1.54) is 12.1 Å². The summed E-state index contributed by atoms with van der Waals surface area (Å²) >= 11 is 0. The van der Waals surface area contributed by atoms with Crippen molar-refractivity contribution in [1.29, 1.82) is 0 Å². The van der Waals surface area contributed by atoms with Crippen LogP contribution in [-0.2, 0) is 13.1 Å². The first-order chi connectivity index (χ1) is 10.3. The third-order valence-electron chi connectivity index (χ3n) is 2.90. The number of aromatic nitrogens is 2. The van der Waals surface area contributed by atoms with Crippen LogP contribution in [0.15, 0.2) is 48.0 Å². The molecular formula is C15H21FIN5. The van der Waals surface area contributed by atoms with Gasteiger partial charge in [0, 0.05) is 32.0 Å². The lowest BCUT2D eigenvalue weighted by Crippen LogP contribution is -2.38. The molecule has 2 N–H and O–H groups in total. The van der Waals surface area contributed by atoms with Gasteiger partial charge in [0.2, 0.25) is 0 Å². The molecule has 7 heteroatoms. The SMILES string of the molecule is CCNC(=NCc1ccc(F)cc1)NCCn1ccnc1.I. The molecule has 2 aromatic rings. The van der Waals surface area contributed by atoms with Crippen molar-refractivity contribution in [2.45, 2.75) is 20.0 Å². The summed E-state index contributed by atoms with van der Waals surface area (Å²) in [6.07, 6.45) is 5.46. The average molecular weight is 417 g/mol. The Labute approximate surface area is 147 Å². The normalized spacial score (nSPS) is 10.9. The second-order valence-corrected chi connectivity index (χ2v) is 4.55. The lowest BCUT2D eigenvalue weighted by Gasteiger charge is -2.11. The highest BCUT2D eigenvalue weighted by Crippen LogP contribution is 2.03. The Morgan fingerprint density at radius 3 is 2.68 bits per heavy atom. The van der Waals surface area contributed by atoms with E-state index in [1.807, 2.05) is 17.7 Å². The minimum atomic E-state index is -0.229. The molecule has 1 aromatic carbocycles. The molecule has 120 valence electrons. The lowest BCUT2D eigenvalue weighted by atomic mass is 10.2. The van der Waals surface area contributed by atoms with E-state index >= 15 is 0 Å². The van der Waals surface area contributed by atoms with E-state index < -0.39 is 0 Å². The monoisotopic (exact) mass is 417 g/mol. The van der Waals surface area contributed by atoms with E-state index in [1.54, 1.807) is 24.7 Å². The largest absolute Gasteiger partial charge is 0.357 e. The van der Waals surface area contributed by atoms with Gasteiger partial charge in [0.05, 0.1) is 12.9 Å². The zero-order valence-corrected chi connectivity index (χ0v) is 14.8. The van der Waals surface area contributed by atoms with Crippen LogP contribution in [-0.4, -0.2) is 28.6 Å². The molecule has 5 nitrogen and oxygen atoms in total. The van der Waals surface area contributed by atoms with Crippen LogP contribution < -0.4 is 10.6 Å². The number of imidazole rings is 1. The van der Waals surface area contributed by atoms with Crippen LogP contribution in [0, 0.1) is 5.82 Å². The molecule has 22 heavy (non-hydrogen) atoms. The lowest BCUT2D eigenvalue weighted by molar-refractivity contribution is 0.627. The van der Waals surface area contributed by atoms with Crippen LogP contribution in [0.3, 0.4) is 0 Å². The molecular weight excluding hydrogens is 396 g/mol. The predicted octanol–water partition coefficient (Wildman–Crippen LogP) is 2.40. The van der Waals surface area contributed by atoms with Gasteiger partial charge in [0.1, 0.15) is 5.82 Å². The molecule has 0 fully saturated rings. The third-order valence-corrected chi connectivity index (χ3v) is 2.90. The van der Waals surface area contributed by atoms with Gasteiger partial charge in [-0.1, -0.05) is 12.1 Å². The van der Waals surface area contributed by atoms with E-state index in [2.05, 4.69) is 20.6 Å². The highest BCUT2D eigenvalue weighted by Gasteiger charge is 1.98. The van der Waals surface area contributed by atoms with Crippen molar-refractivity contribution in [2.24, 2.45) is 4.99 Å². The molecule has 0 saturated heterocycles. The number of guanidine groups is 1. The van der Waals surface area contributed by atoms with Gasteiger partial charge in [-0.3, -0.25) is 0 Å². The van der Waals surface area contributed by atoms with E-state index in [4.69, 9.17) is 0 Å². The predicted molar refractivity (Wildman–Crippen MR) is 96.9 cm³/mol. The fourth-order valence-electron chi connectivity index (χ4n) is 1.82. The molecule has 0 unspecified atom stereocenters. The first-order valence-corrected chi connectivity index (χ1v) is 7.00. The summed E-state index contributed by atoms with van der Waals surface area (Å²) < 4.78 is 14.8. The molecule has 0 aliphatic heterocycles. The summed E-state index contributed by atoms with van der Waals surface area (Å²) in [5, 5.41) is 6.44. The fraction of sp³-hybridized carbons (Fsp3) is 0.333. The summed E-state index contributed by atoms with van der Waals surface area (Å²) in [6, 6.07) is 6.39. The number of nitrogens with zero attached hydrogens (tertiary/aromatic N) is 3. The molecule has 0 atom stereocenters. The van der Waals surface area contributed by atoms with Crippen molar-refractivity contribution >= 4 is 29.9 Å². The van der Waals surface area contributed by atoms with Gasteiger partial charge < -0.3 is 15.2 Å². The zero-order valence-electron chi connectivity index (χ0n) is 12.5. The van der Waals surface area contributed by atoms with E-state index in [9.17, 15) is 4.39 Å². The molecule has 0 bridgehead atoms. The molecule has 1 heterocycles. The van der Waals surface area contributed by atoms with Crippen LogP contribution in [0.25, 0.3) is 0 Å². The van der Waals surface area contributed by atoms with Crippen LogP contribution >= 0.6 is 24.0 Å². The van der Waals surface area contributed by atoms with Crippen molar-refractivity contribution in [3.63, 3.8) is 0 Å². The molecule has 2 rings (SSSR count). The average Bonchev–Trinajstić information content (AvgIpc) is 3.00. The summed E-state index contributed by atoms with van der Waals surface area (Å²) in [5.74, 6) is 0.523. The summed E-state index contributed by atoms with van der Waals surface area (Å²) in [6.45, 7) is 4.90. The Kier molecular flexibility index (Phi) is 8.49. The maximum Gasteiger partial charge on any atom is 0.191 e. The number of nitrogens with one attached hydrogen (secondary N) is 2. The summed E-state index contributed by atoms with van der Waals surface area (Å²) in [7, 11) is 0. The Morgan fingerprint density at radius 1 is 1.27 bits per heavy atom. The minimum Gasteiger partial charge on any atom is -0.357 e. The Morgan fingerprint density at radius 2 is 2.05 bits per heavy atom. The van der Waals surface area contributed by atoms with Crippen LogP contribution in [0.5, 0.6) is 0 Å². The third kappa shape index (κ3) is 6.42. The Bertz CT molecular complexity index is 554.